The summed E-state index contributed by atoms with van der Waals surface area (Å²) in [6, 6.07) is 95.0. The molecule has 0 aliphatic carbocycles. The standard InChI is InChI=1S/C68H42/c1-3-17-45(18-4-1)59-39-67-57-33-31-49(37-63(57)60(46-19-5-2-6-20-46)40-65(67)55-25-13-11-23-53(55)59)50-32-34-58-64(38-50)62(52-30-28-44-16-8-10-22-48(44)36-52)42-66-56-26-14-12-24-54(56)61(41-68(58)66)51-29-27-43-15-7-9-21-47(43)35-51/h1-42H. The molecule has 0 aliphatic rings. The number of rotatable bonds is 5. The average molecular weight is 859 g/mol. The van der Waals surface area contributed by atoms with Crippen molar-refractivity contribution in [2.75, 3.05) is 0 Å². The Balaban J connectivity index is 1.04. The molecule has 0 N–H and O–H groups in total. The highest BCUT2D eigenvalue weighted by atomic mass is 14.2. The molecule has 0 bridgehead atoms. The van der Waals surface area contributed by atoms with Crippen LogP contribution in [0.5, 0.6) is 0 Å². The summed E-state index contributed by atoms with van der Waals surface area (Å²) < 4.78 is 0. The predicted molar refractivity (Wildman–Crippen MR) is 294 cm³/mol. The molecule has 0 saturated carbocycles. The molecule has 0 radical (unpaired) electrons. The van der Waals surface area contributed by atoms with Gasteiger partial charge in [-0.3, -0.25) is 0 Å². The Morgan fingerprint density at radius 2 is 0.441 bits per heavy atom. The fourth-order valence-corrected chi connectivity index (χ4v) is 11.3. The lowest BCUT2D eigenvalue weighted by Gasteiger charge is -2.18. The van der Waals surface area contributed by atoms with E-state index in [1.807, 2.05) is 0 Å². The van der Waals surface area contributed by atoms with Crippen molar-refractivity contribution < 1.29 is 0 Å². The fourth-order valence-electron chi connectivity index (χ4n) is 11.3. The van der Waals surface area contributed by atoms with E-state index in [0.717, 1.165) is 0 Å². The summed E-state index contributed by atoms with van der Waals surface area (Å²) in [7, 11) is 0. The Hall–Kier alpha value is -8.84. The molecule has 0 aromatic heterocycles. The van der Waals surface area contributed by atoms with Crippen molar-refractivity contribution in [2.24, 2.45) is 0 Å². The summed E-state index contributed by atoms with van der Waals surface area (Å²) in [5, 5.41) is 20.1. The molecular weight excluding hydrogens is 817 g/mol. The van der Waals surface area contributed by atoms with Crippen LogP contribution in [0.3, 0.4) is 0 Å². The van der Waals surface area contributed by atoms with Crippen molar-refractivity contribution in [3.63, 3.8) is 0 Å². The van der Waals surface area contributed by atoms with Gasteiger partial charge in [0.25, 0.3) is 0 Å². The molecule has 0 aliphatic heterocycles. The van der Waals surface area contributed by atoms with E-state index >= 15 is 0 Å². The Morgan fingerprint density at radius 3 is 0.882 bits per heavy atom. The highest BCUT2D eigenvalue weighted by Gasteiger charge is 2.19. The molecule has 68 heavy (non-hydrogen) atoms. The van der Waals surface area contributed by atoms with Crippen LogP contribution in [0.2, 0.25) is 0 Å². The first-order valence-corrected chi connectivity index (χ1v) is 23.6. The maximum atomic E-state index is 2.47. The lowest BCUT2D eigenvalue weighted by atomic mass is 9.85. The summed E-state index contributed by atoms with van der Waals surface area (Å²) >= 11 is 0. The molecule has 0 saturated heterocycles. The molecule has 0 unspecified atom stereocenters. The molecule has 0 heterocycles. The number of benzene rings is 14. The summed E-state index contributed by atoms with van der Waals surface area (Å²) in [6.45, 7) is 0. The number of hydrogen-bond donors (Lipinski definition) is 0. The smallest absolute Gasteiger partial charge is 0.00923 e. The zero-order chi connectivity index (χ0) is 44.7. The van der Waals surface area contributed by atoms with E-state index in [1.54, 1.807) is 0 Å². The van der Waals surface area contributed by atoms with Crippen LogP contribution in [0, 0.1) is 0 Å². The van der Waals surface area contributed by atoms with Crippen LogP contribution >= 0.6 is 0 Å². The van der Waals surface area contributed by atoms with Gasteiger partial charge in [-0.15, -0.1) is 0 Å². The lowest BCUT2D eigenvalue weighted by Crippen LogP contribution is -1.91. The van der Waals surface area contributed by atoms with Gasteiger partial charge in [0, 0.05) is 0 Å². The van der Waals surface area contributed by atoms with E-state index < -0.39 is 0 Å². The van der Waals surface area contributed by atoms with Crippen LogP contribution in [-0.4, -0.2) is 0 Å². The van der Waals surface area contributed by atoms with Gasteiger partial charge in [0.15, 0.2) is 0 Å². The molecule has 0 atom stereocenters. The van der Waals surface area contributed by atoms with Gasteiger partial charge in [0.1, 0.15) is 0 Å². The second kappa shape index (κ2) is 15.4. The Kier molecular flexibility index (Phi) is 8.69. The molecule has 0 heteroatoms. The zero-order valence-corrected chi connectivity index (χ0v) is 37.2. The van der Waals surface area contributed by atoms with Gasteiger partial charge < -0.3 is 0 Å². The molecule has 14 aromatic carbocycles. The van der Waals surface area contributed by atoms with Gasteiger partial charge in [-0.05, 0) is 190 Å². The normalized spacial score (nSPS) is 11.8. The van der Waals surface area contributed by atoms with Crippen molar-refractivity contribution >= 4 is 86.2 Å². The fraction of sp³-hybridized carbons (Fsp3) is 0. The van der Waals surface area contributed by atoms with Crippen LogP contribution in [-0.2, 0) is 0 Å². The summed E-state index contributed by atoms with van der Waals surface area (Å²) in [5.41, 5.74) is 12.3. The van der Waals surface area contributed by atoms with Crippen LogP contribution in [0.4, 0.5) is 0 Å². The molecule has 14 aromatic rings. The lowest BCUT2D eigenvalue weighted by molar-refractivity contribution is 1.65. The molecule has 14 rings (SSSR count). The van der Waals surface area contributed by atoms with Gasteiger partial charge >= 0.3 is 0 Å². The first-order valence-electron chi connectivity index (χ1n) is 23.6. The molecule has 0 nitrogen and oxygen atoms in total. The van der Waals surface area contributed by atoms with Gasteiger partial charge in [0.2, 0.25) is 0 Å². The largest absolute Gasteiger partial charge is 0.0622 e. The van der Waals surface area contributed by atoms with Crippen LogP contribution in [0.1, 0.15) is 0 Å². The monoisotopic (exact) mass is 858 g/mol. The Morgan fingerprint density at radius 1 is 0.132 bits per heavy atom. The minimum absolute atomic E-state index is 1.19. The SMILES string of the molecule is c1ccc(-c2cc3c4ccc(-c5ccc6c(c5)c(-c5ccc7ccccc7c5)cc5c7ccccc7c(-c7ccc8ccccc8c7)cc65)cc4c(-c4ccccc4)cc3c3ccccc23)cc1. The Bertz CT molecular complexity index is 4350. The Labute approximate surface area is 394 Å². The maximum Gasteiger partial charge on any atom is -0.00923 e. The van der Waals surface area contributed by atoms with Crippen molar-refractivity contribution in [3.8, 4) is 55.6 Å². The van der Waals surface area contributed by atoms with E-state index in [1.165, 1.54) is 142 Å². The zero-order valence-electron chi connectivity index (χ0n) is 37.2. The summed E-state index contributed by atoms with van der Waals surface area (Å²) in [4.78, 5) is 0. The third-order valence-corrected chi connectivity index (χ3v) is 14.6. The summed E-state index contributed by atoms with van der Waals surface area (Å²) in [5.74, 6) is 0. The van der Waals surface area contributed by atoms with Crippen molar-refractivity contribution in [1.29, 1.82) is 0 Å². The third kappa shape index (κ3) is 6.15. The van der Waals surface area contributed by atoms with E-state index in [2.05, 4.69) is 255 Å². The topological polar surface area (TPSA) is 0 Å². The van der Waals surface area contributed by atoms with Crippen LogP contribution in [0.25, 0.3) is 142 Å². The van der Waals surface area contributed by atoms with Crippen LogP contribution < -0.4 is 0 Å². The van der Waals surface area contributed by atoms with Crippen molar-refractivity contribution in [2.45, 2.75) is 0 Å². The van der Waals surface area contributed by atoms with E-state index in [9.17, 15) is 0 Å². The minimum Gasteiger partial charge on any atom is -0.0622 e. The van der Waals surface area contributed by atoms with Crippen molar-refractivity contribution in [3.05, 3.63) is 255 Å². The van der Waals surface area contributed by atoms with Gasteiger partial charge in [-0.2, -0.15) is 0 Å². The first-order chi connectivity index (χ1) is 33.7. The van der Waals surface area contributed by atoms with E-state index in [4.69, 9.17) is 0 Å². The average Bonchev–Trinajstić information content (AvgIpc) is 3.42. The third-order valence-electron chi connectivity index (χ3n) is 14.6. The molecule has 314 valence electrons. The van der Waals surface area contributed by atoms with E-state index in [-0.39, 0.29) is 0 Å². The van der Waals surface area contributed by atoms with Gasteiger partial charge in [-0.25, -0.2) is 0 Å². The highest BCUT2D eigenvalue weighted by molar-refractivity contribution is 6.26. The van der Waals surface area contributed by atoms with Crippen molar-refractivity contribution in [1.82, 2.24) is 0 Å². The predicted octanol–water partition coefficient (Wildman–Crippen LogP) is 19.2. The van der Waals surface area contributed by atoms with Gasteiger partial charge in [-0.1, -0.05) is 206 Å². The second-order valence-corrected chi connectivity index (χ2v) is 18.4. The van der Waals surface area contributed by atoms with Crippen LogP contribution in [0.15, 0.2) is 255 Å². The number of fused-ring (bicyclic) bond motifs is 12. The minimum atomic E-state index is 1.19. The first kappa shape index (κ1) is 38.4. The quantitative estimate of drug-likeness (QED) is 0.151. The molecule has 0 spiro atoms. The molecule has 0 fully saturated rings. The molecular formula is C68H42. The molecule has 0 amide bonds. The highest BCUT2D eigenvalue weighted by Crippen LogP contribution is 2.46. The number of hydrogen-bond acceptors (Lipinski definition) is 0. The maximum absolute atomic E-state index is 2.47. The summed E-state index contributed by atoms with van der Waals surface area (Å²) in [6.07, 6.45) is 0. The second-order valence-electron chi connectivity index (χ2n) is 18.4. The van der Waals surface area contributed by atoms with Gasteiger partial charge in [0.05, 0.1) is 0 Å². The van der Waals surface area contributed by atoms with E-state index in [0.29, 0.717) is 0 Å².